The molecule has 1 heterocycles. The van der Waals surface area contributed by atoms with E-state index in [-0.39, 0.29) is 18.0 Å². The lowest BCUT2D eigenvalue weighted by atomic mass is 10.2. The zero-order valence-corrected chi connectivity index (χ0v) is 10.3. The maximum absolute atomic E-state index is 11.5. The van der Waals surface area contributed by atoms with Gasteiger partial charge in [0.05, 0.1) is 12.1 Å². The fourth-order valence-corrected chi connectivity index (χ4v) is 1.55. The number of carbonyl (C=O) groups excluding carboxylic acids is 1. The first-order valence-electron chi connectivity index (χ1n) is 5.64. The van der Waals surface area contributed by atoms with Crippen LogP contribution in [0.15, 0.2) is 16.5 Å². The molecule has 4 heteroatoms. The van der Waals surface area contributed by atoms with Gasteiger partial charge in [-0.3, -0.25) is 10.1 Å². The maximum Gasteiger partial charge on any atom is 0.236 e. The average Bonchev–Trinajstić information content (AvgIpc) is 2.65. The number of rotatable bonds is 5. The monoisotopic (exact) mass is 224 g/mol. The van der Waals surface area contributed by atoms with E-state index in [1.165, 1.54) is 0 Å². The molecule has 0 aliphatic heterocycles. The second-order valence-corrected chi connectivity index (χ2v) is 3.95. The second kappa shape index (κ2) is 5.70. The highest BCUT2D eigenvalue weighted by Crippen LogP contribution is 2.15. The van der Waals surface area contributed by atoms with E-state index in [1.807, 2.05) is 39.8 Å². The molecule has 1 aromatic heterocycles. The smallest absolute Gasteiger partial charge is 0.236 e. The van der Waals surface area contributed by atoms with Crippen molar-refractivity contribution in [2.24, 2.45) is 0 Å². The average molecular weight is 224 g/mol. The van der Waals surface area contributed by atoms with Crippen LogP contribution in [0.5, 0.6) is 0 Å². The Morgan fingerprint density at radius 1 is 1.44 bits per heavy atom. The summed E-state index contributed by atoms with van der Waals surface area (Å²) < 4.78 is 5.49. The van der Waals surface area contributed by atoms with Crippen LogP contribution < -0.4 is 10.6 Å². The van der Waals surface area contributed by atoms with Gasteiger partial charge in [0.25, 0.3) is 0 Å². The zero-order chi connectivity index (χ0) is 12.1. The summed E-state index contributed by atoms with van der Waals surface area (Å²) in [5.74, 6) is 1.75. The van der Waals surface area contributed by atoms with Crippen molar-refractivity contribution in [2.75, 3.05) is 6.54 Å². The Morgan fingerprint density at radius 3 is 2.62 bits per heavy atom. The standard InChI is InChI=1S/C12H20N2O2/c1-5-13-12(15)10(4)14-9(3)11-7-6-8(2)16-11/h6-7,9-10,14H,5H2,1-4H3,(H,13,15). The van der Waals surface area contributed by atoms with Gasteiger partial charge in [0.1, 0.15) is 11.5 Å². The molecule has 1 amide bonds. The van der Waals surface area contributed by atoms with Crippen molar-refractivity contribution in [2.45, 2.75) is 39.8 Å². The molecular weight excluding hydrogens is 204 g/mol. The number of aryl methyl sites for hydroxylation is 1. The van der Waals surface area contributed by atoms with Crippen molar-refractivity contribution >= 4 is 5.91 Å². The molecule has 2 unspecified atom stereocenters. The third kappa shape index (κ3) is 3.38. The topological polar surface area (TPSA) is 54.3 Å². The molecule has 0 bridgehead atoms. The highest BCUT2D eigenvalue weighted by molar-refractivity contribution is 5.81. The van der Waals surface area contributed by atoms with Gasteiger partial charge in [0.2, 0.25) is 5.91 Å². The van der Waals surface area contributed by atoms with E-state index in [4.69, 9.17) is 4.42 Å². The van der Waals surface area contributed by atoms with Crippen LogP contribution in [0.4, 0.5) is 0 Å². The summed E-state index contributed by atoms with van der Waals surface area (Å²) in [5, 5.41) is 5.96. The molecule has 90 valence electrons. The largest absolute Gasteiger partial charge is 0.465 e. The Labute approximate surface area is 96.4 Å². The van der Waals surface area contributed by atoms with Crippen LogP contribution >= 0.6 is 0 Å². The van der Waals surface area contributed by atoms with Gasteiger partial charge in [-0.05, 0) is 39.8 Å². The molecule has 1 rings (SSSR count). The minimum Gasteiger partial charge on any atom is -0.465 e. The lowest BCUT2D eigenvalue weighted by molar-refractivity contribution is -0.122. The van der Waals surface area contributed by atoms with E-state index in [0.717, 1.165) is 11.5 Å². The van der Waals surface area contributed by atoms with Crippen LogP contribution in [0.25, 0.3) is 0 Å². The Morgan fingerprint density at radius 2 is 2.12 bits per heavy atom. The number of furan rings is 1. The van der Waals surface area contributed by atoms with E-state index in [1.54, 1.807) is 0 Å². The predicted molar refractivity (Wildman–Crippen MR) is 63.1 cm³/mol. The van der Waals surface area contributed by atoms with Crippen LogP contribution in [0.1, 0.15) is 38.3 Å². The molecule has 0 aromatic carbocycles. The Balaban J connectivity index is 2.51. The molecule has 0 aliphatic rings. The lowest BCUT2D eigenvalue weighted by Gasteiger charge is -2.17. The highest BCUT2D eigenvalue weighted by atomic mass is 16.3. The van der Waals surface area contributed by atoms with Gasteiger partial charge in [-0.2, -0.15) is 0 Å². The maximum atomic E-state index is 11.5. The fraction of sp³-hybridized carbons (Fsp3) is 0.583. The number of carbonyl (C=O) groups is 1. The molecule has 0 radical (unpaired) electrons. The van der Waals surface area contributed by atoms with Gasteiger partial charge in [0.15, 0.2) is 0 Å². The SMILES string of the molecule is CCNC(=O)C(C)NC(C)c1ccc(C)o1. The van der Waals surface area contributed by atoms with Crippen molar-refractivity contribution < 1.29 is 9.21 Å². The van der Waals surface area contributed by atoms with Crippen LogP contribution in [0.2, 0.25) is 0 Å². The molecular formula is C12H20N2O2. The minimum atomic E-state index is -0.222. The molecule has 0 saturated carbocycles. The number of likely N-dealkylation sites (N-methyl/N-ethyl adjacent to an activating group) is 1. The Hall–Kier alpha value is -1.29. The quantitative estimate of drug-likeness (QED) is 0.801. The highest BCUT2D eigenvalue weighted by Gasteiger charge is 2.17. The summed E-state index contributed by atoms with van der Waals surface area (Å²) in [4.78, 5) is 11.5. The summed E-state index contributed by atoms with van der Waals surface area (Å²) in [6, 6.07) is 3.66. The van der Waals surface area contributed by atoms with Crippen LogP contribution in [-0.2, 0) is 4.79 Å². The van der Waals surface area contributed by atoms with Gasteiger partial charge >= 0.3 is 0 Å². The van der Waals surface area contributed by atoms with Crippen molar-refractivity contribution in [1.29, 1.82) is 0 Å². The molecule has 0 fully saturated rings. The summed E-state index contributed by atoms with van der Waals surface area (Å²) in [6.07, 6.45) is 0. The zero-order valence-electron chi connectivity index (χ0n) is 10.3. The molecule has 2 N–H and O–H groups in total. The molecule has 1 aromatic rings. The third-order valence-corrected chi connectivity index (χ3v) is 2.43. The van der Waals surface area contributed by atoms with Crippen molar-refractivity contribution in [3.63, 3.8) is 0 Å². The van der Waals surface area contributed by atoms with E-state index in [2.05, 4.69) is 10.6 Å². The Bertz CT molecular complexity index is 347. The second-order valence-electron chi connectivity index (χ2n) is 3.95. The van der Waals surface area contributed by atoms with Gasteiger partial charge in [-0.15, -0.1) is 0 Å². The normalized spacial score (nSPS) is 14.5. The van der Waals surface area contributed by atoms with Gasteiger partial charge in [-0.1, -0.05) is 0 Å². The Kier molecular flexibility index (Phi) is 4.55. The van der Waals surface area contributed by atoms with Crippen molar-refractivity contribution in [3.05, 3.63) is 23.7 Å². The van der Waals surface area contributed by atoms with E-state index in [0.29, 0.717) is 6.54 Å². The summed E-state index contributed by atoms with van der Waals surface area (Å²) in [5.41, 5.74) is 0. The summed E-state index contributed by atoms with van der Waals surface area (Å²) in [6.45, 7) is 8.29. The first-order chi connectivity index (χ1) is 7.54. The minimum absolute atomic E-state index is 0.0117. The number of amides is 1. The third-order valence-electron chi connectivity index (χ3n) is 2.43. The van der Waals surface area contributed by atoms with Gasteiger partial charge < -0.3 is 9.73 Å². The van der Waals surface area contributed by atoms with Crippen LogP contribution in [0.3, 0.4) is 0 Å². The number of nitrogens with one attached hydrogen (secondary N) is 2. The van der Waals surface area contributed by atoms with Crippen LogP contribution in [-0.4, -0.2) is 18.5 Å². The van der Waals surface area contributed by atoms with E-state index >= 15 is 0 Å². The fourth-order valence-electron chi connectivity index (χ4n) is 1.55. The number of hydrogen-bond donors (Lipinski definition) is 2. The number of hydrogen-bond acceptors (Lipinski definition) is 3. The van der Waals surface area contributed by atoms with Crippen LogP contribution in [0, 0.1) is 6.92 Å². The molecule has 0 aliphatic carbocycles. The van der Waals surface area contributed by atoms with Gasteiger partial charge in [0, 0.05) is 6.54 Å². The van der Waals surface area contributed by atoms with E-state index < -0.39 is 0 Å². The lowest BCUT2D eigenvalue weighted by Crippen LogP contribution is -2.42. The first-order valence-corrected chi connectivity index (χ1v) is 5.64. The molecule has 0 saturated heterocycles. The summed E-state index contributed by atoms with van der Waals surface area (Å²) in [7, 11) is 0. The predicted octanol–water partition coefficient (Wildman–Crippen LogP) is 1.76. The molecule has 2 atom stereocenters. The van der Waals surface area contributed by atoms with Crippen molar-refractivity contribution in [1.82, 2.24) is 10.6 Å². The van der Waals surface area contributed by atoms with Crippen molar-refractivity contribution in [3.8, 4) is 0 Å². The first kappa shape index (κ1) is 12.8. The molecule has 4 nitrogen and oxygen atoms in total. The molecule has 0 spiro atoms. The summed E-state index contributed by atoms with van der Waals surface area (Å²) >= 11 is 0. The molecule has 16 heavy (non-hydrogen) atoms. The van der Waals surface area contributed by atoms with Gasteiger partial charge in [-0.25, -0.2) is 0 Å². The van der Waals surface area contributed by atoms with E-state index in [9.17, 15) is 4.79 Å².